The van der Waals surface area contributed by atoms with Crippen LogP contribution in [0.1, 0.15) is 15.9 Å². The minimum atomic E-state index is -1.04. The minimum Gasteiger partial charge on any atom is -0.497 e. The number of hydrogen-bond donors (Lipinski definition) is 3. The molecule has 0 radical (unpaired) electrons. The number of carboxylic acids is 1. The second kappa shape index (κ2) is 8.99. The van der Waals surface area contributed by atoms with Gasteiger partial charge < -0.3 is 19.9 Å². The Morgan fingerprint density at radius 2 is 1.70 bits per heavy atom. The summed E-state index contributed by atoms with van der Waals surface area (Å²) in [7, 11) is 2.91. The number of nitrogens with one attached hydrogen (secondary N) is 2. The lowest BCUT2D eigenvalue weighted by Crippen LogP contribution is -2.32. The van der Waals surface area contributed by atoms with Crippen molar-refractivity contribution in [2.24, 2.45) is 5.10 Å². The number of anilines is 1. The van der Waals surface area contributed by atoms with Crippen LogP contribution in [0.25, 0.3) is 0 Å². The zero-order valence-corrected chi connectivity index (χ0v) is 14.6. The molecule has 0 atom stereocenters. The molecule has 0 aliphatic carbocycles. The average Bonchev–Trinajstić information content (AvgIpc) is 2.68. The number of amides is 2. The lowest BCUT2D eigenvalue weighted by atomic mass is 10.1. The number of methoxy groups -OCH3 is 2. The molecule has 9 nitrogen and oxygen atoms in total. The van der Waals surface area contributed by atoms with Crippen LogP contribution in [0.5, 0.6) is 11.5 Å². The topological polar surface area (TPSA) is 126 Å². The summed E-state index contributed by atoms with van der Waals surface area (Å²) < 4.78 is 10.2. The molecule has 0 saturated heterocycles. The molecule has 27 heavy (non-hydrogen) atoms. The zero-order chi connectivity index (χ0) is 19.8. The Bertz CT molecular complexity index is 877. The van der Waals surface area contributed by atoms with Gasteiger partial charge in [-0.25, -0.2) is 10.2 Å². The van der Waals surface area contributed by atoms with Gasteiger partial charge in [0.25, 0.3) is 0 Å². The van der Waals surface area contributed by atoms with Crippen LogP contribution in [0.4, 0.5) is 5.69 Å². The number of nitrogens with zero attached hydrogens (tertiary/aromatic N) is 1. The van der Waals surface area contributed by atoms with Gasteiger partial charge in [-0.15, -0.1) is 0 Å². The third-order valence-corrected chi connectivity index (χ3v) is 3.40. The number of rotatable bonds is 6. The molecule has 0 fully saturated rings. The third kappa shape index (κ3) is 5.30. The van der Waals surface area contributed by atoms with E-state index < -0.39 is 17.8 Å². The molecular formula is C18H17N3O6. The molecule has 0 aliphatic heterocycles. The van der Waals surface area contributed by atoms with Gasteiger partial charge in [0.15, 0.2) is 0 Å². The highest BCUT2D eigenvalue weighted by molar-refractivity contribution is 6.39. The van der Waals surface area contributed by atoms with Gasteiger partial charge in [0.1, 0.15) is 11.5 Å². The summed E-state index contributed by atoms with van der Waals surface area (Å²) in [5.41, 5.74) is 3.07. The number of carbonyl (C=O) groups excluding carboxylic acids is 2. The summed E-state index contributed by atoms with van der Waals surface area (Å²) in [5, 5.41) is 14.9. The first-order chi connectivity index (χ1) is 12.9. The second-order valence-corrected chi connectivity index (χ2v) is 5.15. The normalized spacial score (nSPS) is 10.3. The van der Waals surface area contributed by atoms with Crippen LogP contribution in [-0.2, 0) is 9.59 Å². The van der Waals surface area contributed by atoms with E-state index in [2.05, 4.69) is 15.8 Å². The van der Waals surface area contributed by atoms with E-state index in [1.54, 1.807) is 12.1 Å². The van der Waals surface area contributed by atoms with Crippen LogP contribution in [0.2, 0.25) is 0 Å². The molecule has 0 spiro atoms. The number of ether oxygens (including phenoxy) is 2. The van der Waals surface area contributed by atoms with E-state index >= 15 is 0 Å². The Morgan fingerprint density at radius 3 is 2.30 bits per heavy atom. The zero-order valence-electron chi connectivity index (χ0n) is 14.6. The van der Waals surface area contributed by atoms with E-state index in [9.17, 15) is 14.4 Å². The maximum atomic E-state index is 11.9. The maximum Gasteiger partial charge on any atom is 0.335 e. The minimum absolute atomic E-state index is 0.129. The van der Waals surface area contributed by atoms with Crippen molar-refractivity contribution in [1.29, 1.82) is 0 Å². The van der Waals surface area contributed by atoms with Crippen LogP contribution in [0.3, 0.4) is 0 Å². The Kier molecular flexibility index (Phi) is 6.48. The van der Waals surface area contributed by atoms with Gasteiger partial charge in [-0.05, 0) is 29.8 Å². The quantitative estimate of drug-likeness (QED) is 0.401. The molecular weight excluding hydrogens is 354 g/mol. The van der Waals surface area contributed by atoms with Gasteiger partial charge in [0, 0.05) is 6.07 Å². The molecule has 0 bridgehead atoms. The van der Waals surface area contributed by atoms with Gasteiger partial charge >= 0.3 is 17.8 Å². The lowest BCUT2D eigenvalue weighted by Gasteiger charge is -2.10. The fraction of sp³-hybridized carbons (Fsp3) is 0.111. The van der Waals surface area contributed by atoms with Crippen molar-refractivity contribution >= 4 is 29.7 Å². The van der Waals surface area contributed by atoms with Crippen molar-refractivity contribution in [3.8, 4) is 11.5 Å². The van der Waals surface area contributed by atoms with Crippen LogP contribution in [0.15, 0.2) is 47.6 Å². The van der Waals surface area contributed by atoms with Crippen LogP contribution in [-0.4, -0.2) is 43.3 Å². The number of carbonyl (C=O) groups is 3. The molecule has 2 aromatic carbocycles. The summed E-state index contributed by atoms with van der Waals surface area (Å²) in [6, 6.07) is 10.5. The van der Waals surface area contributed by atoms with E-state index in [1.807, 2.05) is 0 Å². The van der Waals surface area contributed by atoms with E-state index in [0.29, 0.717) is 22.7 Å². The molecule has 140 valence electrons. The molecule has 0 heterocycles. The molecule has 2 rings (SSSR count). The summed E-state index contributed by atoms with van der Waals surface area (Å²) in [6.45, 7) is 0. The van der Waals surface area contributed by atoms with Crippen molar-refractivity contribution in [2.75, 3.05) is 19.5 Å². The molecule has 2 amide bonds. The maximum absolute atomic E-state index is 11.9. The average molecular weight is 371 g/mol. The van der Waals surface area contributed by atoms with E-state index in [1.165, 1.54) is 50.8 Å². The fourth-order valence-electron chi connectivity index (χ4n) is 2.01. The van der Waals surface area contributed by atoms with E-state index in [4.69, 9.17) is 14.6 Å². The predicted molar refractivity (Wildman–Crippen MR) is 97.3 cm³/mol. The molecule has 0 aromatic heterocycles. The van der Waals surface area contributed by atoms with Gasteiger partial charge in [-0.2, -0.15) is 5.10 Å². The van der Waals surface area contributed by atoms with Crippen molar-refractivity contribution < 1.29 is 29.0 Å². The highest BCUT2D eigenvalue weighted by Gasteiger charge is 2.15. The van der Waals surface area contributed by atoms with Crippen LogP contribution >= 0.6 is 0 Å². The molecule has 0 saturated carbocycles. The first-order valence-electron chi connectivity index (χ1n) is 7.64. The molecule has 0 aliphatic rings. The standard InChI is InChI=1S/C18H17N3O6/c1-26-13-7-8-14(15(9-13)27-2)20-16(22)17(23)21-19-10-11-3-5-12(6-4-11)18(24)25/h3-10H,1-2H3,(H,20,22)(H,21,23)(H,24,25)/b19-10+. The smallest absolute Gasteiger partial charge is 0.335 e. The fourth-order valence-corrected chi connectivity index (χ4v) is 2.01. The summed E-state index contributed by atoms with van der Waals surface area (Å²) in [5.74, 6) is -2.09. The summed E-state index contributed by atoms with van der Waals surface area (Å²) in [4.78, 5) is 34.5. The number of aromatic carboxylic acids is 1. The highest BCUT2D eigenvalue weighted by Crippen LogP contribution is 2.28. The van der Waals surface area contributed by atoms with Gasteiger partial charge in [-0.1, -0.05) is 12.1 Å². The van der Waals surface area contributed by atoms with Crippen molar-refractivity contribution in [3.05, 3.63) is 53.6 Å². The summed E-state index contributed by atoms with van der Waals surface area (Å²) in [6.07, 6.45) is 1.28. The predicted octanol–water partition coefficient (Wildman–Crippen LogP) is 1.49. The monoisotopic (exact) mass is 371 g/mol. The molecule has 9 heteroatoms. The number of benzene rings is 2. The largest absolute Gasteiger partial charge is 0.497 e. The first-order valence-corrected chi connectivity index (χ1v) is 7.64. The molecule has 0 unspecified atom stereocenters. The second-order valence-electron chi connectivity index (χ2n) is 5.15. The van der Waals surface area contributed by atoms with Crippen molar-refractivity contribution in [2.45, 2.75) is 0 Å². The van der Waals surface area contributed by atoms with E-state index in [0.717, 1.165) is 0 Å². The Labute approximate surface area is 154 Å². The van der Waals surface area contributed by atoms with Crippen molar-refractivity contribution in [3.63, 3.8) is 0 Å². The first kappa shape index (κ1) is 19.4. The molecule has 2 aromatic rings. The Hall–Kier alpha value is -3.88. The van der Waals surface area contributed by atoms with Gasteiger partial charge in [0.2, 0.25) is 0 Å². The number of hydrazone groups is 1. The number of carboxylic acid groups (broad SMARTS) is 1. The number of hydrogen-bond acceptors (Lipinski definition) is 6. The third-order valence-electron chi connectivity index (χ3n) is 3.40. The summed E-state index contributed by atoms with van der Waals surface area (Å²) >= 11 is 0. The van der Waals surface area contributed by atoms with E-state index in [-0.39, 0.29) is 5.56 Å². The van der Waals surface area contributed by atoms with Gasteiger partial charge in [-0.3, -0.25) is 9.59 Å². The van der Waals surface area contributed by atoms with Crippen LogP contribution < -0.4 is 20.2 Å². The van der Waals surface area contributed by atoms with Crippen LogP contribution in [0, 0.1) is 0 Å². The Morgan fingerprint density at radius 1 is 1.00 bits per heavy atom. The highest BCUT2D eigenvalue weighted by atomic mass is 16.5. The Balaban J connectivity index is 1.95. The van der Waals surface area contributed by atoms with Crippen molar-refractivity contribution in [1.82, 2.24) is 5.43 Å². The van der Waals surface area contributed by atoms with Gasteiger partial charge in [0.05, 0.1) is 31.7 Å². The lowest BCUT2D eigenvalue weighted by molar-refractivity contribution is -0.136. The SMILES string of the molecule is COc1ccc(NC(=O)C(=O)N/N=C/c2ccc(C(=O)O)cc2)c(OC)c1. The molecule has 3 N–H and O–H groups in total.